The highest BCUT2D eigenvalue weighted by molar-refractivity contribution is 5.80. The van der Waals surface area contributed by atoms with Gasteiger partial charge in [0.15, 0.2) is 6.10 Å². The topological polar surface area (TPSA) is 38.3 Å². The van der Waals surface area contributed by atoms with Gasteiger partial charge < -0.3 is 10.1 Å². The standard InChI is InChI=1S/C22H26FNO2/c1-16(26-21-13-10-18-6-2-3-7-19(18)15-21)22(25)24-14-4-5-17-8-11-20(23)12-9-17/h8-13,15-16H,2-7,14H2,1H3,(H,24,25)/t16-/m0/s1. The number of ether oxygens (including phenoxy) is 1. The normalized spacial score (nSPS) is 14.4. The summed E-state index contributed by atoms with van der Waals surface area (Å²) in [6.45, 7) is 2.35. The third-order valence-electron chi connectivity index (χ3n) is 4.86. The first-order valence-electron chi connectivity index (χ1n) is 9.42. The van der Waals surface area contributed by atoms with Gasteiger partial charge in [0.1, 0.15) is 11.6 Å². The number of amides is 1. The number of carbonyl (C=O) groups excluding carboxylic acids is 1. The quantitative estimate of drug-likeness (QED) is 0.755. The minimum Gasteiger partial charge on any atom is -0.481 e. The van der Waals surface area contributed by atoms with Crippen molar-refractivity contribution in [1.29, 1.82) is 0 Å². The number of aryl methyl sites for hydroxylation is 3. The van der Waals surface area contributed by atoms with Crippen LogP contribution in [-0.4, -0.2) is 18.6 Å². The largest absolute Gasteiger partial charge is 0.481 e. The molecule has 0 saturated heterocycles. The lowest BCUT2D eigenvalue weighted by Crippen LogP contribution is -2.37. The average molecular weight is 355 g/mol. The Bertz CT molecular complexity index is 742. The lowest BCUT2D eigenvalue weighted by molar-refractivity contribution is -0.127. The van der Waals surface area contributed by atoms with Gasteiger partial charge in [0, 0.05) is 6.54 Å². The summed E-state index contributed by atoms with van der Waals surface area (Å²) in [6, 6.07) is 12.6. The molecule has 1 aliphatic carbocycles. The first-order valence-corrected chi connectivity index (χ1v) is 9.42. The number of fused-ring (bicyclic) bond motifs is 1. The molecular formula is C22H26FNO2. The van der Waals surface area contributed by atoms with Gasteiger partial charge in [0.2, 0.25) is 0 Å². The Morgan fingerprint density at radius 1 is 1.12 bits per heavy atom. The maximum atomic E-state index is 12.9. The Kier molecular flexibility index (Phi) is 6.26. The van der Waals surface area contributed by atoms with Crippen molar-refractivity contribution < 1.29 is 13.9 Å². The van der Waals surface area contributed by atoms with Gasteiger partial charge in [-0.15, -0.1) is 0 Å². The molecule has 0 spiro atoms. The highest BCUT2D eigenvalue weighted by Gasteiger charge is 2.16. The highest BCUT2D eigenvalue weighted by Crippen LogP contribution is 2.25. The van der Waals surface area contributed by atoms with Crippen LogP contribution in [0.25, 0.3) is 0 Å². The predicted molar refractivity (Wildman–Crippen MR) is 101 cm³/mol. The van der Waals surface area contributed by atoms with Crippen molar-refractivity contribution >= 4 is 5.91 Å². The molecular weight excluding hydrogens is 329 g/mol. The molecule has 3 nitrogen and oxygen atoms in total. The molecule has 2 aromatic rings. The average Bonchev–Trinajstić information content (AvgIpc) is 2.66. The SMILES string of the molecule is C[C@H](Oc1ccc2c(c1)CCCC2)C(=O)NCCCc1ccc(F)cc1. The van der Waals surface area contributed by atoms with E-state index in [2.05, 4.69) is 17.4 Å². The maximum absolute atomic E-state index is 12.9. The Morgan fingerprint density at radius 2 is 1.85 bits per heavy atom. The van der Waals surface area contributed by atoms with Crippen molar-refractivity contribution in [3.63, 3.8) is 0 Å². The Morgan fingerprint density at radius 3 is 2.62 bits per heavy atom. The van der Waals surface area contributed by atoms with E-state index in [0.29, 0.717) is 6.54 Å². The minimum absolute atomic E-state index is 0.109. The van der Waals surface area contributed by atoms with Gasteiger partial charge in [-0.1, -0.05) is 18.2 Å². The van der Waals surface area contributed by atoms with Crippen LogP contribution in [0, 0.1) is 5.82 Å². The van der Waals surface area contributed by atoms with Crippen molar-refractivity contribution in [3.05, 3.63) is 65.0 Å². The van der Waals surface area contributed by atoms with E-state index in [1.54, 1.807) is 19.1 Å². The molecule has 0 fully saturated rings. The van der Waals surface area contributed by atoms with Crippen molar-refractivity contribution in [1.82, 2.24) is 5.32 Å². The van der Waals surface area contributed by atoms with Crippen LogP contribution in [0.3, 0.4) is 0 Å². The van der Waals surface area contributed by atoms with Crippen LogP contribution in [0.5, 0.6) is 5.75 Å². The van der Waals surface area contributed by atoms with E-state index in [-0.39, 0.29) is 11.7 Å². The van der Waals surface area contributed by atoms with Crippen molar-refractivity contribution in [2.75, 3.05) is 6.54 Å². The molecule has 1 atom stereocenters. The summed E-state index contributed by atoms with van der Waals surface area (Å²) in [7, 11) is 0. The number of hydrogen-bond donors (Lipinski definition) is 1. The Labute approximate surface area is 154 Å². The van der Waals surface area contributed by atoms with Crippen LogP contribution in [0.2, 0.25) is 0 Å². The van der Waals surface area contributed by atoms with E-state index in [9.17, 15) is 9.18 Å². The summed E-state index contributed by atoms with van der Waals surface area (Å²) in [5.74, 6) is 0.427. The van der Waals surface area contributed by atoms with E-state index in [0.717, 1.165) is 37.0 Å². The van der Waals surface area contributed by atoms with E-state index in [1.165, 1.54) is 36.1 Å². The zero-order valence-corrected chi connectivity index (χ0v) is 15.3. The van der Waals surface area contributed by atoms with Gasteiger partial charge in [-0.25, -0.2) is 4.39 Å². The molecule has 0 heterocycles. The molecule has 4 heteroatoms. The van der Waals surface area contributed by atoms with E-state index in [4.69, 9.17) is 4.74 Å². The lowest BCUT2D eigenvalue weighted by Gasteiger charge is -2.19. The molecule has 3 rings (SSSR count). The zero-order valence-electron chi connectivity index (χ0n) is 15.3. The summed E-state index contributed by atoms with van der Waals surface area (Å²) in [6.07, 6.45) is 5.80. The monoisotopic (exact) mass is 355 g/mol. The summed E-state index contributed by atoms with van der Waals surface area (Å²) >= 11 is 0. The number of carbonyl (C=O) groups is 1. The third kappa shape index (κ3) is 5.07. The highest BCUT2D eigenvalue weighted by atomic mass is 19.1. The first kappa shape index (κ1) is 18.4. The second-order valence-corrected chi connectivity index (χ2v) is 6.92. The summed E-state index contributed by atoms with van der Waals surface area (Å²) in [4.78, 5) is 12.2. The molecule has 0 aromatic heterocycles. The van der Waals surface area contributed by atoms with Crippen LogP contribution < -0.4 is 10.1 Å². The smallest absolute Gasteiger partial charge is 0.260 e. The fourth-order valence-electron chi connectivity index (χ4n) is 3.34. The molecule has 0 bridgehead atoms. The molecule has 2 aromatic carbocycles. The summed E-state index contributed by atoms with van der Waals surface area (Å²) < 4.78 is 18.7. The molecule has 0 unspecified atom stereocenters. The van der Waals surface area contributed by atoms with Crippen LogP contribution in [-0.2, 0) is 24.1 Å². The molecule has 0 saturated carbocycles. The van der Waals surface area contributed by atoms with E-state index >= 15 is 0 Å². The molecule has 1 N–H and O–H groups in total. The fourth-order valence-corrected chi connectivity index (χ4v) is 3.34. The minimum atomic E-state index is -0.525. The van der Waals surface area contributed by atoms with Crippen LogP contribution in [0.15, 0.2) is 42.5 Å². The van der Waals surface area contributed by atoms with Crippen molar-refractivity contribution in [3.8, 4) is 5.75 Å². The molecule has 1 amide bonds. The van der Waals surface area contributed by atoms with Crippen molar-refractivity contribution in [2.45, 2.75) is 51.6 Å². The fraction of sp³-hybridized carbons (Fsp3) is 0.409. The molecule has 138 valence electrons. The third-order valence-corrected chi connectivity index (χ3v) is 4.86. The van der Waals surface area contributed by atoms with E-state index in [1.807, 2.05) is 6.07 Å². The summed E-state index contributed by atoms with van der Waals surface area (Å²) in [5.41, 5.74) is 3.82. The summed E-state index contributed by atoms with van der Waals surface area (Å²) in [5, 5.41) is 2.91. The van der Waals surface area contributed by atoms with Crippen LogP contribution >= 0.6 is 0 Å². The Hall–Kier alpha value is -2.36. The van der Waals surface area contributed by atoms with Gasteiger partial charge in [-0.3, -0.25) is 4.79 Å². The number of benzene rings is 2. The predicted octanol–water partition coefficient (Wildman–Crippen LogP) is 4.22. The maximum Gasteiger partial charge on any atom is 0.260 e. The number of halogens is 1. The van der Waals surface area contributed by atoms with Crippen LogP contribution in [0.1, 0.15) is 42.9 Å². The first-order chi connectivity index (χ1) is 12.6. The number of rotatable bonds is 7. The van der Waals surface area contributed by atoms with E-state index < -0.39 is 6.10 Å². The lowest BCUT2D eigenvalue weighted by atomic mass is 9.92. The molecule has 0 aliphatic heterocycles. The van der Waals surface area contributed by atoms with Gasteiger partial charge in [-0.05, 0) is 86.4 Å². The zero-order chi connectivity index (χ0) is 18.4. The van der Waals surface area contributed by atoms with Gasteiger partial charge >= 0.3 is 0 Å². The van der Waals surface area contributed by atoms with Gasteiger partial charge in [0.05, 0.1) is 0 Å². The van der Waals surface area contributed by atoms with Crippen LogP contribution in [0.4, 0.5) is 4.39 Å². The Balaban J connectivity index is 1.42. The number of hydrogen-bond acceptors (Lipinski definition) is 2. The van der Waals surface area contributed by atoms with Gasteiger partial charge in [-0.2, -0.15) is 0 Å². The molecule has 0 radical (unpaired) electrons. The van der Waals surface area contributed by atoms with Crippen molar-refractivity contribution in [2.24, 2.45) is 0 Å². The second-order valence-electron chi connectivity index (χ2n) is 6.92. The second kappa shape index (κ2) is 8.84. The number of nitrogens with one attached hydrogen (secondary N) is 1. The molecule has 1 aliphatic rings. The van der Waals surface area contributed by atoms with Gasteiger partial charge in [0.25, 0.3) is 5.91 Å². The molecule has 26 heavy (non-hydrogen) atoms.